The lowest BCUT2D eigenvalue weighted by atomic mass is 10.3. The quantitative estimate of drug-likeness (QED) is 0.704. The first-order valence-corrected chi connectivity index (χ1v) is 7.23. The molecule has 19 heavy (non-hydrogen) atoms. The number of aromatic nitrogens is 2. The number of hydrogen-bond acceptors (Lipinski definition) is 5. The van der Waals surface area contributed by atoms with E-state index in [-0.39, 0.29) is 0 Å². The third kappa shape index (κ3) is 3.80. The molecule has 0 unspecified atom stereocenters. The molecule has 2 aliphatic rings. The van der Waals surface area contributed by atoms with Crippen LogP contribution in [0.2, 0.25) is 0 Å². The first-order chi connectivity index (χ1) is 9.35. The lowest BCUT2D eigenvalue weighted by Gasteiger charge is -2.09. The fraction of sp³-hybridized carbons (Fsp3) is 0.714. The molecule has 0 bridgehead atoms. The second-order valence-electron chi connectivity index (χ2n) is 5.47. The molecule has 5 heteroatoms. The van der Waals surface area contributed by atoms with Gasteiger partial charge in [-0.25, -0.2) is 9.97 Å². The van der Waals surface area contributed by atoms with Gasteiger partial charge in [-0.3, -0.25) is 0 Å². The Labute approximate surface area is 114 Å². The second-order valence-corrected chi connectivity index (χ2v) is 5.47. The normalized spacial score (nSPS) is 18.4. The van der Waals surface area contributed by atoms with Crippen LogP contribution in [-0.2, 0) is 4.74 Å². The number of anilines is 2. The Morgan fingerprint density at radius 2 is 2.00 bits per heavy atom. The lowest BCUT2D eigenvalue weighted by Crippen LogP contribution is -2.13. The third-order valence-corrected chi connectivity index (χ3v) is 3.55. The highest BCUT2D eigenvalue weighted by Gasteiger charge is 2.27. The van der Waals surface area contributed by atoms with Crippen LogP contribution in [0.4, 0.5) is 11.6 Å². The first-order valence-electron chi connectivity index (χ1n) is 7.23. The van der Waals surface area contributed by atoms with Crippen molar-refractivity contribution in [1.29, 1.82) is 0 Å². The molecule has 5 nitrogen and oxygen atoms in total. The van der Waals surface area contributed by atoms with Crippen LogP contribution in [0.3, 0.4) is 0 Å². The predicted molar refractivity (Wildman–Crippen MR) is 75.6 cm³/mol. The van der Waals surface area contributed by atoms with Gasteiger partial charge in [-0.1, -0.05) is 0 Å². The summed E-state index contributed by atoms with van der Waals surface area (Å²) in [6, 6.07) is 1.95. The molecule has 1 aromatic rings. The van der Waals surface area contributed by atoms with Crippen LogP contribution in [0.5, 0.6) is 0 Å². The third-order valence-electron chi connectivity index (χ3n) is 3.55. The average molecular weight is 262 g/mol. The molecule has 1 aromatic heterocycles. The summed E-state index contributed by atoms with van der Waals surface area (Å²) in [5, 5.41) is 6.41. The Morgan fingerprint density at radius 1 is 1.21 bits per heavy atom. The van der Waals surface area contributed by atoms with E-state index in [1.165, 1.54) is 25.7 Å². The summed E-state index contributed by atoms with van der Waals surface area (Å²) in [5.41, 5.74) is 0. The summed E-state index contributed by atoms with van der Waals surface area (Å²) in [6.07, 6.45) is 5.12. The van der Waals surface area contributed by atoms with Gasteiger partial charge in [0.25, 0.3) is 0 Å². The molecule has 2 N–H and O–H groups in total. The molecule has 1 heterocycles. The topological polar surface area (TPSA) is 59.1 Å². The molecule has 0 radical (unpaired) electrons. The molecule has 0 aromatic carbocycles. The highest BCUT2D eigenvalue weighted by molar-refractivity contribution is 5.47. The summed E-state index contributed by atoms with van der Waals surface area (Å²) in [7, 11) is 1.89. The Hall–Kier alpha value is -1.36. The minimum Gasteiger partial charge on any atom is -0.379 e. The van der Waals surface area contributed by atoms with Crippen molar-refractivity contribution in [2.75, 3.05) is 37.4 Å². The minimum atomic E-state index is 0.569. The molecule has 0 amide bonds. The van der Waals surface area contributed by atoms with Gasteiger partial charge < -0.3 is 15.4 Å². The highest BCUT2D eigenvalue weighted by atomic mass is 16.5. The van der Waals surface area contributed by atoms with Gasteiger partial charge in [0.15, 0.2) is 0 Å². The van der Waals surface area contributed by atoms with Crippen molar-refractivity contribution in [2.45, 2.75) is 31.6 Å². The molecule has 0 saturated heterocycles. The summed E-state index contributed by atoms with van der Waals surface area (Å²) in [4.78, 5) is 9.07. The maximum Gasteiger partial charge on any atom is 0.136 e. The Morgan fingerprint density at radius 3 is 2.68 bits per heavy atom. The van der Waals surface area contributed by atoms with E-state index in [1.54, 1.807) is 0 Å². The van der Waals surface area contributed by atoms with Crippen molar-refractivity contribution >= 4 is 11.6 Å². The fourth-order valence-corrected chi connectivity index (χ4v) is 1.99. The Kier molecular flexibility index (Phi) is 3.82. The van der Waals surface area contributed by atoms with Gasteiger partial charge >= 0.3 is 0 Å². The van der Waals surface area contributed by atoms with Gasteiger partial charge in [-0.05, 0) is 31.6 Å². The van der Waals surface area contributed by atoms with E-state index in [1.807, 2.05) is 13.1 Å². The summed E-state index contributed by atoms with van der Waals surface area (Å²) in [6.45, 7) is 2.46. The van der Waals surface area contributed by atoms with Crippen LogP contribution in [0.1, 0.15) is 37.4 Å². The largest absolute Gasteiger partial charge is 0.379 e. The zero-order valence-corrected chi connectivity index (χ0v) is 11.5. The first kappa shape index (κ1) is 12.7. The Bertz CT molecular complexity index is 429. The van der Waals surface area contributed by atoms with Crippen LogP contribution in [0, 0.1) is 5.92 Å². The van der Waals surface area contributed by atoms with E-state index in [0.29, 0.717) is 5.92 Å². The van der Waals surface area contributed by atoms with Crippen molar-refractivity contribution in [1.82, 2.24) is 9.97 Å². The number of nitrogens with one attached hydrogen (secondary N) is 2. The van der Waals surface area contributed by atoms with Gasteiger partial charge in [0.05, 0.1) is 6.61 Å². The van der Waals surface area contributed by atoms with E-state index >= 15 is 0 Å². The van der Waals surface area contributed by atoms with Crippen LogP contribution < -0.4 is 10.6 Å². The summed E-state index contributed by atoms with van der Waals surface area (Å²) >= 11 is 0. The van der Waals surface area contributed by atoms with Crippen molar-refractivity contribution in [3.05, 3.63) is 11.9 Å². The minimum absolute atomic E-state index is 0.569. The van der Waals surface area contributed by atoms with E-state index in [2.05, 4.69) is 20.6 Å². The molecule has 0 spiro atoms. The number of ether oxygens (including phenoxy) is 1. The van der Waals surface area contributed by atoms with Crippen molar-refractivity contribution in [3.8, 4) is 0 Å². The standard InChI is InChI=1S/C14H22N4O/c1-15-12-8-13(18-14(17-12)11-4-5-11)16-6-7-19-9-10-2-3-10/h8,10-11H,2-7,9H2,1H3,(H2,15,16,17,18). The van der Waals surface area contributed by atoms with E-state index in [0.717, 1.165) is 43.1 Å². The van der Waals surface area contributed by atoms with Crippen molar-refractivity contribution < 1.29 is 4.74 Å². The molecular formula is C14H22N4O. The van der Waals surface area contributed by atoms with E-state index in [9.17, 15) is 0 Å². The van der Waals surface area contributed by atoms with Gasteiger partial charge in [-0.2, -0.15) is 0 Å². The molecule has 104 valence electrons. The van der Waals surface area contributed by atoms with Gasteiger partial charge in [0, 0.05) is 32.2 Å². The SMILES string of the molecule is CNc1cc(NCCOCC2CC2)nc(C2CC2)n1. The maximum atomic E-state index is 5.60. The smallest absolute Gasteiger partial charge is 0.136 e. The molecule has 2 aliphatic carbocycles. The van der Waals surface area contributed by atoms with Crippen LogP contribution in [0.25, 0.3) is 0 Å². The van der Waals surface area contributed by atoms with E-state index < -0.39 is 0 Å². The zero-order valence-electron chi connectivity index (χ0n) is 11.5. The molecule has 2 saturated carbocycles. The highest BCUT2D eigenvalue weighted by Crippen LogP contribution is 2.38. The molecular weight excluding hydrogens is 240 g/mol. The maximum absolute atomic E-state index is 5.60. The lowest BCUT2D eigenvalue weighted by molar-refractivity contribution is 0.134. The zero-order chi connectivity index (χ0) is 13.1. The van der Waals surface area contributed by atoms with Crippen molar-refractivity contribution in [2.24, 2.45) is 5.92 Å². The number of hydrogen-bond donors (Lipinski definition) is 2. The summed E-state index contributed by atoms with van der Waals surface area (Å²) < 4.78 is 5.60. The van der Waals surface area contributed by atoms with Crippen LogP contribution in [0.15, 0.2) is 6.07 Å². The molecule has 0 aliphatic heterocycles. The monoisotopic (exact) mass is 262 g/mol. The van der Waals surface area contributed by atoms with Crippen molar-refractivity contribution in [3.63, 3.8) is 0 Å². The van der Waals surface area contributed by atoms with Gasteiger partial charge in [0.1, 0.15) is 17.5 Å². The van der Waals surface area contributed by atoms with Crippen LogP contribution in [-0.4, -0.2) is 36.8 Å². The second kappa shape index (κ2) is 5.74. The molecule has 2 fully saturated rings. The van der Waals surface area contributed by atoms with E-state index in [4.69, 9.17) is 4.74 Å². The van der Waals surface area contributed by atoms with Crippen LogP contribution >= 0.6 is 0 Å². The average Bonchev–Trinajstić information content (AvgIpc) is 3.29. The predicted octanol–water partition coefficient (Wildman–Crippen LogP) is 2.23. The molecule has 3 rings (SSSR count). The number of nitrogens with zero attached hydrogens (tertiary/aromatic N) is 2. The Balaban J connectivity index is 1.49. The summed E-state index contributed by atoms with van der Waals surface area (Å²) in [5.74, 6) is 4.15. The van der Waals surface area contributed by atoms with Gasteiger partial charge in [-0.15, -0.1) is 0 Å². The molecule has 0 atom stereocenters. The fourth-order valence-electron chi connectivity index (χ4n) is 1.99. The number of rotatable bonds is 8. The van der Waals surface area contributed by atoms with Gasteiger partial charge in [0.2, 0.25) is 0 Å².